The summed E-state index contributed by atoms with van der Waals surface area (Å²) in [5.41, 5.74) is 7.27. The first kappa shape index (κ1) is 33.1. The number of aromatic hydroxyl groups is 2. The van der Waals surface area contributed by atoms with Gasteiger partial charge in [-0.15, -0.1) is 0 Å². The number of hydrogen-bond acceptors (Lipinski definition) is 7. The van der Waals surface area contributed by atoms with Gasteiger partial charge in [0.25, 0.3) is 0 Å². The van der Waals surface area contributed by atoms with Crippen molar-refractivity contribution < 1.29 is 34.5 Å². The van der Waals surface area contributed by atoms with Crippen LogP contribution in [0.25, 0.3) is 0 Å². The zero-order valence-electron chi connectivity index (χ0n) is 24.0. The summed E-state index contributed by atoms with van der Waals surface area (Å²) in [4.78, 5) is 51.8. The fraction of sp³-hybridized carbons (Fsp3) is 0.467. The third-order valence-electron chi connectivity index (χ3n) is 7.35. The Morgan fingerprint density at radius 2 is 1.12 bits per heavy atom. The van der Waals surface area contributed by atoms with Crippen LogP contribution < -0.4 is 21.7 Å². The van der Waals surface area contributed by atoms with E-state index in [-0.39, 0.29) is 36.2 Å². The number of hydrogen-bond donors (Lipinski definition) is 7. The summed E-state index contributed by atoms with van der Waals surface area (Å²) in [6, 6.07) is 7.69. The van der Waals surface area contributed by atoms with Gasteiger partial charge in [0.2, 0.25) is 17.7 Å². The minimum absolute atomic E-state index is 0.00302. The molecule has 6 atom stereocenters. The molecule has 0 saturated heterocycles. The molecule has 0 fully saturated rings. The van der Waals surface area contributed by atoms with Gasteiger partial charge in [0.15, 0.2) is 0 Å². The van der Waals surface area contributed by atoms with Crippen molar-refractivity contribution in [3.63, 3.8) is 0 Å². The minimum atomic E-state index is -1.31. The van der Waals surface area contributed by atoms with Gasteiger partial charge in [-0.25, -0.2) is 4.79 Å². The van der Waals surface area contributed by atoms with Crippen LogP contribution in [0.2, 0.25) is 0 Å². The number of nitrogens with two attached hydrogens (primary N) is 1. The van der Waals surface area contributed by atoms with Crippen LogP contribution in [0.1, 0.15) is 51.7 Å². The van der Waals surface area contributed by atoms with E-state index in [4.69, 9.17) is 5.73 Å². The molecule has 8 N–H and O–H groups in total. The van der Waals surface area contributed by atoms with Crippen LogP contribution >= 0.6 is 0 Å². The van der Waals surface area contributed by atoms with Crippen LogP contribution in [-0.2, 0) is 32.0 Å². The van der Waals surface area contributed by atoms with E-state index >= 15 is 0 Å². The quantitative estimate of drug-likeness (QED) is 0.169. The number of amides is 3. The highest BCUT2D eigenvalue weighted by Gasteiger charge is 2.33. The molecule has 2 aromatic rings. The highest BCUT2D eigenvalue weighted by molar-refractivity contribution is 5.94. The maximum Gasteiger partial charge on any atom is 0.326 e. The molecule has 0 aliphatic rings. The number of carboxylic acid groups (broad SMARTS) is 1. The maximum absolute atomic E-state index is 13.5. The van der Waals surface area contributed by atoms with E-state index in [1.54, 1.807) is 31.2 Å². The summed E-state index contributed by atoms with van der Waals surface area (Å²) in [6.07, 6.45) is 1.18. The van der Waals surface area contributed by atoms with Crippen LogP contribution in [-0.4, -0.2) is 63.2 Å². The fourth-order valence-corrected chi connectivity index (χ4v) is 4.14. The molecule has 0 aromatic heterocycles. The smallest absolute Gasteiger partial charge is 0.326 e. The number of benzene rings is 2. The molecule has 0 saturated carbocycles. The van der Waals surface area contributed by atoms with Crippen molar-refractivity contribution in [2.24, 2.45) is 17.6 Å². The highest BCUT2D eigenvalue weighted by Crippen LogP contribution is 2.15. The van der Waals surface area contributed by atoms with Crippen molar-refractivity contribution in [2.75, 3.05) is 0 Å². The summed E-state index contributed by atoms with van der Waals surface area (Å²) < 4.78 is 0. The lowest BCUT2D eigenvalue weighted by molar-refractivity contribution is -0.142. The predicted molar refractivity (Wildman–Crippen MR) is 154 cm³/mol. The zero-order chi connectivity index (χ0) is 30.7. The van der Waals surface area contributed by atoms with Crippen LogP contribution in [0.5, 0.6) is 11.5 Å². The molecule has 11 heteroatoms. The lowest BCUT2D eigenvalue weighted by Gasteiger charge is -2.29. The Morgan fingerprint density at radius 1 is 0.683 bits per heavy atom. The monoisotopic (exact) mass is 570 g/mol. The van der Waals surface area contributed by atoms with Crippen LogP contribution in [0.3, 0.4) is 0 Å². The van der Waals surface area contributed by atoms with Gasteiger partial charge >= 0.3 is 5.97 Å². The van der Waals surface area contributed by atoms with Crippen molar-refractivity contribution in [3.05, 3.63) is 59.7 Å². The lowest BCUT2D eigenvalue weighted by atomic mass is 9.95. The summed E-state index contributed by atoms with van der Waals surface area (Å²) in [5, 5.41) is 36.9. The number of phenolic OH excluding ortho intramolecular Hbond substituents is 2. The normalized spacial score (nSPS) is 15.4. The average molecular weight is 571 g/mol. The Kier molecular flexibility index (Phi) is 12.6. The van der Waals surface area contributed by atoms with Crippen LogP contribution in [0, 0.1) is 11.8 Å². The molecule has 11 nitrogen and oxygen atoms in total. The third kappa shape index (κ3) is 10.1. The summed E-state index contributed by atoms with van der Waals surface area (Å²) in [6.45, 7) is 7.42. The molecular weight excluding hydrogens is 528 g/mol. The number of aliphatic carboxylic acids is 1. The molecule has 0 aliphatic carbocycles. The second-order valence-electron chi connectivity index (χ2n) is 10.5. The molecule has 224 valence electrons. The second-order valence-corrected chi connectivity index (χ2v) is 10.5. The van der Waals surface area contributed by atoms with Crippen LogP contribution in [0.15, 0.2) is 48.5 Å². The highest BCUT2D eigenvalue weighted by atomic mass is 16.4. The third-order valence-corrected chi connectivity index (χ3v) is 7.35. The first-order valence-electron chi connectivity index (χ1n) is 13.8. The van der Waals surface area contributed by atoms with Gasteiger partial charge in [-0.2, -0.15) is 0 Å². The Hall–Kier alpha value is -4.12. The van der Waals surface area contributed by atoms with Gasteiger partial charge in [0.05, 0.1) is 6.04 Å². The van der Waals surface area contributed by atoms with E-state index in [0.29, 0.717) is 24.0 Å². The molecule has 0 heterocycles. The zero-order valence-corrected chi connectivity index (χ0v) is 24.0. The first-order valence-corrected chi connectivity index (χ1v) is 13.8. The Balaban J connectivity index is 2.30. The molecule has 6 unspecified atom stereocenters. The van der Waals surface area contributed by atoms with Crippen molar-refractivity contribution >= 4 is 23.7 Å². The van der Waals surface area contributed by atoms with Gasteiger partial charge in [-0.3, -0.25) is 14.4 Å². The first-order chi connectivity index (χ1) is 19.4. The average Bonchev–Trinajstić information content (AvgIpc) is 2.95. The molecule has 0 bridgehead atoms. The number of rotatable bonds is 15. The number of carboxylic acids is 1. The van der Waals surface area contributed by atoms with Crippen LogP contribution in [0.4, 0.5) is 0 Å². The van der Waals surface area contributed by atoms with E-state index in [1.807, 2.05) is 20.8 Å². The summed E-state index contributed by atoms with van der Waals surface area (Å²) in [5.74, 6) is -3.43. The van der Waals surface area contributed by atoms with E-state index in [1.165, 1.54) is 24.3 Å². The van der Waals surface area contributed by atoms with E-state index < -0.39 is 47.9 Å². The number of carbonyl (C=O) groups is 4. The van der Waals surface area contributed by atoms with Crippen molar-refractivity contribution in [1.29, 1.82) is 0 Å². The largest absolute Gasteiger partial charge is 0.508 e. The summed E-state index contributed by atoms with van der Waals surface area (Å²) in [7, 11) is 0. The van der Waals surface area contributed by atoms with E-state index in [2.05, 4.69) is 16.0 Å². The molecule has 2 rings (SSSR count). The topological polar surface area (TPSA) is 191 Å². The number of phenols is 2. The van der Waals surface area contributed by atoms with Gasteiger partial charge < -0.3 is 37.0 Å². The molecular formula is C30H42N4O7. The van der Waals surface area contributed by atoms with Crippen molar-refractivity contribution in [2.45, 2.75) is 77.5 Å². The van der Waals surface area contributed by atoms with Gasteiger partial charge in [0.1, 0.15) is 29.6 Å². The molecule has 0 aliphatic heterocycles. The molecule has 0 spiro atoms. The fourth-order valence-electron chi connectivity index (χ4n) is 4.14. The van der Waals surface area contributed by atoms with Crippen molar-refractivity contribution in [3.8, 4) is 11.5 Å². The molecule has 2 aromatic carbocycles. The maximum atomic E-state index is 13.5. The van der Waals surface area contributed by atoms with E-state index in [9.17, 15) is 34.5 Å². The number of carbonyl (C=O) groups excluding carboxylic acids is 3. The Morgan fingerprint density at radius 3 is 1.56 bits per heavy atom. The number of nitrogens with one attached hydrogen (secondary N) is 3. The lowest BCUT2D eigenvalue weighted by Crippen LogP contribution is -2.59. The SMILES string of the molecule is CCC(C)C(N)C(=O)NC(C(=O)NC(Cc1ccc(O)cc1)C(=O)NC(Cc1ccc(O)cc1)C(=O)O)C(C)CC. The molecule has 0 radical (unpaired) electrons. The van der Waals surface area contributed by atoms with Gasteiger partial charge in [-0.05, 0) is 47.2 Å². The Bertz CT molecular complexity index is 1170. The van der Waals surface area contributed by atoms with Crippen molar-refractivity contribution in [1.82, 2.24) is 16.0 Å². The van der Waals surface area contributed by atoms with Gasteiger partial charge in [-0.1, -0.05) is 64.8 Å². The second kappa shape index (κ2) is 15.6. The molecule has 41 heavy (non-hydrogen) atoms. The minimum Gasteiger partial charge on any atom is -0.508 e. The standard InChI is InChI=1S/C30H42N4O7/c1-5-17(3)25(31)28(38)34-26(18(4)6-2)29(39)32-23(15-19-7-11-21(35)12-8-19)27(37)33-24(30(40)41)16-20-9-13-22(36)14-10-20/h7-14,17-18,23-26,35-36H,5-6,15-16,31H2,1-4H3,(H,32,39)(H,33,37)(H,34,38)(H,40,41). The Labute approximate surface area is 240 Å². The van der Waals surface area contributed by atoms with E-state index in [0.717, 1.165) is 0 Å². The predicted octanol–water partition coefficient (Wildman–Crippen LogP) is 1.84. The molecule has 3 amide bonds. The summed E-state index contributed by atoms with van der Waals surface area (Å²) >= 11 is 0. The van der Waals surface area contributed by atoms with Gasteiger partial charge in [0, 0.05) is 12.8 Å².